The predicted octanol–water partition coefficient (Wildman–Crippen LogP) is 23.0. The number of quaternary nitrogens is 1. The van der Waals surface area contributed by atoms with Gasteiger partial charge in [0.2, 0.25) is 0 Å². The SMILES string of the molecule is CC/C=C\C/C=C\C/C=C\C/C=C\C/C=C\CCCCCCCC(=O)OC(COC(=O)CCCCCCCCCCCCCCCCCCCCCCCCCCCCCCCCCCCCCCCC)COP(=O)(O)OCC[N+](C)(C)C. The van der Waals surface area contributed by atoms with E-state index in [9.17, 15) is 19.0 Å². The fraction of sp³-hybridized carbons (Fsp3) is 0.836. The third kappa shape index (κ3) is 68.7. The molecule has 0 rings (SSSR count). The van der Waals surface area contributed by atoms with E-state index < -0.39 is 26.5 Å². The van der Waals surface area contributed by atoms with Crippen LogP contribution in [-0.4, -0.2) is 74.9 Å². The van der Waals surface area contributed by atoms with Crippen LogP contribution in [0.4, 0.5) is 0 Å². The Labute approximate surface area is 515 Å². The first-order chi connectivity index (χ1) is 40.5. The number of likely N-dealkylation sites (N-methyl/N-ethyl adjacent to an activating group) is 1. The van der Waals surface area contributed by atoms with E-state index in [1.54, 1.807) is 0 Å². The number of rotatable bonds is 66. The molecule has 0 bridgehead atoms. The summed E-state index contributed by atoms with van der Waals surface area (Å²) in [5.41, 5.74) is 0. The molecular weight excluding hydrogens is 1050 g/mol. The van der Waals surface area contributed by atoms with Crippen LogP contribution in [0.25, 0.3) is 0 Å². The lowest BCUT2D eigenvalue weighted by Gasteiger charge is -2.24. The van der Waals surface area contributed by atoms with Gasteiger partial charge < -0.3 is 18.9 Å². The quantitative estimate of drug-likeness (QED) is 0.0211. The van der Waals surface area contributed by atoms with Crippen LogP contribution in [0.15, 0.2) is 60.8 Å². The zero-order chi connectivity index (χ0) is 60.5. The lowest BCUT2D eigenvalue weighted by molar-refractivity contribution is -0.870. The number of carbonyl (C=O) groups is 2. The number of hydrogen-bond acceptors (Lipinski definition) is 7. The summed E-state index contributed by atoms with van der Waals surface area (Å²) >= 11 is 0. The van der Waals surface area contributed by atoms with Gasteiger partial charge in [0, 0.05) is 12.8 Å². The fourth-order valence-electron chi connectivity index (χ4n) is 10.4. The first-order valence-electron chi connectivity index (χ1n) is 35.5. The van der Waals surface area contributed by atoms with Crippen molar-refractivity contribution in [1.29, 1.82) is 0 Å². The third-order valence-corrected chi connectivity index (χ3v) is 16.8. The van der Waals surface area contributed by atoms with E-state index in [1.807, 2.05) is 21.1 Å². The molecule has 0 aromatic carbocycles. The highest BCUT2D eigenvalue weighted by atomic mass is 31.2. The standard InChI is InChI=1S/C73H136NO8P/c1-6-8-10-12-14-16-18-20-22-24-26-28-29-30-31-32-33-34-35-36-37-38-39-40-41-42-43-44-46-47-49-51-53-55-57-59-61-63-65-72(75)79-69-71(70-81-83(77,78)80-68-67-74(3,4)5)82-73(76)66-64-62-60-58-56-54-52-50-48-45-27-25-23-21-19-17-15-13-11-9-7-2/h9,11,15,17,21,23,27,45,50,52,71H,6-8,10,12-14,16,18-20,22,24-26,28-44,46-49,51,53-70H2,1-5H3/p+1/b11-9-,17-15-,23-21-,45-27-,52-50-. The van der Waals surface area contributed by atoms with Crippen molar-refractivity contribution >= 4 is 19.8 Å². The van der Waals surface area contributed by atoms with Gasteiger partial charge in [0.05, 0.1) is 27.7 Å². The summed E-state index contributed by atoms with van der Waals surface area (Å²) in [5, 5.41) is 0. The summed E-state index contributed by atoms with van der Waals surface area (Å²) in [6.07, 6.45) is 85.0. The minimum atomic E-state index is -4.40. The highest BCUT2D eigenvalue weighted by molar-refractivity contribution is 7.47. The van der Waals surface area contributed by atoms with E-state index in [4.69, 9.17) is 18.5 Å². The van der Waals surface area contributed by atoms with Gasteiger partial charge in [0.15, 0.2) is 6.10 Å². The number of hydrogen-bond donors (Lipinski definition) is 1. The van der Waals surface area contributed by atoms with Gasteiger partial charge in [-0.15, -0.1) is 0 Å². The van der Waals surface area contributed by atoms with Crippen molar-refractivity contribution in [2.24, 2.45) is 0 Å². The topological polar surface area (TPSA) is 108 Å². The maximum absolute atomic E-state index is 12.8. The maximum Gasteiger partial charge on any atom is 0.472 e. The van der Waals surface area contributed by atoms with Crippen LogP contribution >= 0.6 is 7.82 Å². The average Bonchev–Trinajstić information content (AvgIpc) is 3.49. The zero-order valence-corrected chi connectivity index (χ0v) is 56.3. The summed E-state index contributed by atoms with van der Waals surface area (Å²) in [6.45, 7) is 4.34. The lowest BCUT2D eigenvalue weighted by atomic mass is 10.0. The second kappa shape index (κ2) is 64.2. The normalized spacial score (nSPS) is 13.5. The minimum absolute atomic E-state index is 0.0266. The van der Waals surface area contributed by atoms with E-state index >= 15 is 0 Å². The molecule has 0 radical (unpaired) electrons. The van der Waals surface area contributed by atoms with Crippen LogP contribution in [0.3, 0.4) is 0 Å². The Hall–Kier alpha value is -2.29. The van der Waals surface area contributed by atoms with Crippen LogP contribution in [0, 0.1) is 0 Å². The summed E-state index contributed by atoms with van der Waals surface area (Å²) in [5.74, 6) is -0.808. The number of nitrogens with zero attached hydrogens (tertiary/aromatic N) is 1. The molecule has 2 atom stereocenters. The Bertz CT molecular complexity index is 1580. The first kappa shape index (κ1) is 80.7. The van der Waals surface area contributed by atoms with Gasteiger partial charge in [0.25, 0.3) is 0 Å². The van der Waals surface area contributed by atoms with E-state index in [-0.39, 0.29) is 32.0 Å². The molecule has 0 aliphatic heterocycles. The van der Waals surface area contributed by atoms with Crippen molar-refractivity contribution in [3.8, 4) is 0 Å². The van der Waals surface area contributed by atoms with Gasteiger partial charge in [-0.25, -0.2) is 4.57 Å². The first-order valence-corrected chi connectivity index (χ1v) is 37.0. The molecule has 10 heteroatoms. The molecule has 0 aliphatic rings. The van der Waals surface area contributed by atoms with Crippen molar-refractivity contribution in [3.63, 3.8) is 0 Å². The molecule has 0 aromatic rings. The van der Waals surface area contributed by atoms with Gasteiger partial charge in [-0.05, 0) is 57.8 Å². The summed E-state index contributed by atoms with van der Waals surface area (Å²) in [7, 11) is 1.47. The monoisotopic (exact) mass is 1190 g/mol. The number of esters is 2. The number of unbranched alkanes of at least 4 members (excludes halogenated alkanes) is 42. The van der Waals surface area contributed by atoms with Gasteiger partial charge in [-0.2, -0.15) is 0 Å². The van der Waals surface area contributed by atoms with Crippen LogP contribution in [-0.2, 0) is 32.7 Å². The molecule has 0 fully saturated rings. The molecule has 9 nitrogen and oxygen atoms in total. The molecule has 83 heavy (non-hydrogen) atoms. The fourth-order valence-corrected chi connectivity index (χ4v) is 11.1. The van der Waals surface area contributed by atoms with Crippen molar-refractivity contribution in [1.82, 2.24) is 0 Å². The second-order valence-corrected chi connectivity index (χ2v) is 26.7. The van der Waals surface area contributed by atoms with Crippen molar-refractivity contribution in [2.45, 2.75) is 347 Å². The maximum atomic E-state index is 12.8. The summed E-state index contributed by atoms with van der Waals surface area (Å²) in [4.78, 5) is 35.8. The van der Waals surface area contributed by atoms with E-state index in [2.05, 4.69) is 74.6 Å². The van der Waals surface area contributed by atoms with Crippen LogP contribution in [0.2, 0.25) is 0 Å². The van der Waals surface area contributed by atoms with Gasteiger partial charge in [0.1, 0.15) is 19.8 Å². The van der Waals surface area contributed by atoms with Crippen LogP contribution in [0.1, 0.15) is 341 Å². The highest BCUT2D eigenvalue weighted by Crippen LogP contribution is 2.43. The number of ether oxygens (including phenoxy) is 2. The smallest absolute Gasteiger partial charge is 0.462 e. The minimum Gasteiger partial charge on any atom is -0.462 e. The number of carbonyl (C=O) groups excluding carboxylic acids is 2. The molecule has 0 aromatic heterocycles. The third-order valence-electron chi connectivity index (χ3n) is 15.8. The van der Waals surface area contributed by atoms with E-state index in [0.717, 1.165) is 83.5 Å². The van der Waals surface area contributed by atoms with Crippen molar-refractivity contribution in [3.05, 3.63) is 60.8 Å². The number of phosphoric ester groups is 1. The molecule has 0 saturated carbocycles. The number of phosphoric acid groups is 1. The highest BCUT2D eigenvalue weighted by Gasteiger charge is 2.27. The second-order valence-electron chi connectivity index (χ2n) is 25.3. The molecule has 0 saturated heterocycles. The molecular formula is C73H137NO8P+. The van der Waals surface area contributed by atoms with Crippen LogP contribution < -0.4 is 0 Å². The average molecular weight is 1190 g/mol. The molecule has 0 heterocycles. The Kier molecular flexibility index (Phi) is 62.4. The van der Waals surface area contributed by atoms with Gasteiger partial charge >= 0.3 is 19.8 Å². The lowest BCUT2D eigenvalue weighted by Crippen LogP contribution is -2.37. The van der Waals surface area contributed by atoms with Crippen molar-refractivity contribution < 1.29 is 42.1 Å². The zero-order valence-electron chi connectivity index (χ0n) is 55.4. The molecule has 0 spiro atoms. The molecule has 0 amide bonds. The molecule has 1 N–H and O–H groups in total. The molecule has 2 unspecified atom stereocenters. The Balaban J connectivity index is 3.93. The largest absolute Gasteiger partial charge is 0.472 e. The van der Waals surface area contributed by atoms with Crippen LogP contribution in [0.5, 0.6) is 0 Å². The van der Waals surface area contributed by atoms with Gasteiger partial charge in [-0.1, -0.05) is 331 Å². The Morgan fingerprint density at radius 2 is 0.687 bits per heavy atom. The van der Waals surface area contributed by atoms with Crippen molar-refractivity contribution in [2.75, 3.05) is 47.5 Å². The van der Waals surface area contributed by atoms with E-state index in [0.29, 0.717) is 17.4 Å². The predicted molar refractivity (Wildman–Crippen MR) is 358 cm³/mol. The Morgan fingerprint density at radius 1 is 0.386 bits per heavy atom. The van der Waals surface area contributed by atoms with Gasteiger partial charge in [-0.3, -0.25) is 18.6 Å². The molecule has 0 aliphatic carbocycles. The number of allylic oxidation sites excluding steroid dienone is 10. The summed E-state index contributed by atoms with van der Waals surface area (Å²) in [6, 6.07) is 0. The Morgan fingerprint density at radius 3 is 1.02 bits per heavy atom. The van der Waals surface area contributed by atoms with E-state index in [1.165, 1.54) is 225 Å². The summed E-state index contributed by atoms with van der Waals surface area (Å²) < 4.78 is 34.7. The molecule has 486 valence electrons.